The fourth-order valence-corrected chi connectivity index (χ4v) is 4.94. The molecule has 0 bridgehead atoms. The summed E-state index contributed by atoms with van der Waals surface area (Å²) in [5.41, 5.74) is 1.49. The Morgan fingerprint density at radius 2 is 1.65 bits per heavy atom. The molecule has 3 nitrogen and oxygen atoms in total. The number of rotatable bonds is 5. The van der Waals surface area contributed by atoms with Gasteiger partial charge in [0.1, 0.15) is 5.75 Å². The molecule has 23 heavy (non-hydrogen) atoms. The molecule has 1 saturated heterocycles. The topological polar surface area (TPSA) is 24.5 Å². The van der Waals surface area contributed by atoms with Crippen molar-refractivity contribution in [3.05, 3.63) is 29.8 Å². The lowest BCUT2D eigenvalue weighted by molar-refractivity contribution is 0.125. The van der Waals surface area contributed by atoms with Crippen LogP contribution in [0.15, 0.2) is 24.3 Å². The van der Waals surface area contributed by atoms with Crippen LogP contribution in [0.5, 0.6) is 5.75 Å². The number of hydrogen-bond acceptors (Lipinski definition) is 3. The summed E-state index contributed by atoms with van der Waals surface area (Å²) in [4.78, 5) is 2.71. The van der Waals surface area contributed by atoms with E-state index < -0.39 is 8.32 Å². The first-order valence-corrected chi connectivity index (χ1v) is 12.7. The van der Waals surface area contributed by atoms with Crippen molar-refractivity contribution in [3.63, 3.8) is 0 Å². The maximum absolute atomic E-state index is 6.12. The van der Waals surface area contributed by atoms with E-state index in [-0.39, 0.29) is 0 Å². The van der Waals surface area contributed by atoms with E-state index in [0.717, 1.165) is 24.8 Å². The Morgan fingerprint density at radius 3 is 2.22 bits per heavy atom. The van der Waals surface area contributed by atoms with Crippen LogP contribution in [-0.2, 0) is 0 Å². The maximum Gasteiger partial charge on any atom is 0.242 e. The zero-order valence-corrected chi connectivity index (χ0v) is 16.0. The highest BCUT2D eigenvalue weighted by molar-refractivity contribution is 6.70. The van der Waals surface area contributed by atoms with E-state index in [9.17, 15) is 0 Å². The Kier molecular flexibility index (Phi) is 5.44. The zero-order chi connectivity index (χ0) is 16.3. The smallest absolute Gasteiger partial charge is 0.242 e. The Morgan fingerprint density at radius 1 is 1.04 bits per heavy atom. The number of hydrogen-bond donors (Lipinski definition) is 1. The SMILES string of the molecule is C[Si](C)(C)Oc1ccc([C@@H](C2CCCC2)N2CCNCC2)cc1. The molecule has 1 saturated carbocycles. The molecule has 0 spiro atoms. The highest BCUT2D eigenvalue weighted by Gasteiger charge is 2.31. The summed E-state index contributed by atoms with van der Waals surface area (Å²) in [6, 6.07) is 9.62. The van der Waals surface area contributed by atoms with Gasteiger partial charge in [0.25, 0.3) is 0 Å². The van der Waals surface area contributed by atoms with Gasteiger partial charge in [0.15, 0.2) is 0 Å². The summed E-state index contributed by atoms with van der Waals surface area (Å²) in [7, 11) is -1.52. The molecule has 0 unspecified atom stereocenters. The third-order valence-electron chi connectivity index (χ3n) is 5.04. The van der Waals surface area contributed by atoms with Crippen LogP contribution in [0.4, 0.5) is 0 Å². The molecule has 1 aromatic rings. The van der Waals surface area contributed by atoms with E-state index in [2.05, 4.69) is 54.1 Å². The molecule has 1 N–H and O–H groups in total. The first-order chi connectivity index (χ1) is 11.0. The third-order valence-corrected chi connectivity index (χ3v) is 5.89. The highest BCUT2D eigenvalue weighted by Crippen LogP contribution is 2.40. The van der Waals surface area contributed by atoms with Crippen molar-refractivity contribution >= 4 is 8.32 Å². The van der Waals surface area contributed by atoms with Gasteiger partial charge < -0.3 is 9.74 Å². The summed E-state index contributed by atoms with van der Waals surface area (Å²) < 4.78 is 6.12. The van der Waals surface area contributed by atoms with Crippen molar-refractivity contribution in [3.8, 4) is 5.75 Å². The lowest BCUT2D eigenvalue weighted by Gasteiger charge is -2.38. The van der Waals surface area contributed by atoms with Crippen LogP contribution < -0.4 is 9.74 Å². The largest absolute Gasteiger partial charge is 0.544 e. The van der Waals surface area contributed by atoms with Crippen LogP contribution in [0.2, 0.25) is 19.6 Å². The van der Waals surface area contributed by atoms with Gasteiger partial charge in [0.05, 0.1) is 0 Å². The van der Waals surface area contributed by atoms with Crippen LogP contribution in [0.1, 0.15) is 37.3 Å². The minimum absolute atomic E-state index is 0.598. The first kappa shape index (κ1) is 17.0. The van der Waals surface area contributed by atoms with Crippen LogP contribution in [-0.4, -0.2) is 39.4 Å². The molecule has 1 atom stereocenters. The van der Waals surface area contributed by atoms with Gasteiger partial charge in [-0.05, 0) is 56.1 Å². The van der Waals surface area contributed by atoms with Crippen molar-refractivity contribution in [1.82, 2.24) is 10.2 Å². The van der Waals surface area contributed by atoms with E-state index >= 15 is 0 Å². The predicted octanol–water partition coefficient (Wildman–Crippen LogP) is 4.04. The summed E-state index contributed by atoms with van der Waals surface area (Å²) in [5.74, 6) is 1.87. The number of benzene rings is 1. The van der Waals surface area contributed by atoms with Crippen LogP contribution >= 0.6 is 0 Å². The number of piperazine rings is 1. The molecule has 128 valence electrons. The number of nitrogens with one attached hydrogen (secondary N) is 1. The number of nitrogens with zero attached hydrogens (tertiary/aromatic N) is 1. The Hall–Kier alpha value is -0.843. The lowest BCUT2D eigenvalue weighted by Crippen LogP contribution is -2.46. The molecule has 2 aliphatic rings. The monoisotopic (exact) mass is 332 g/mol. The van der Waals surface area contributed by atoms with E-state index in [1.807, 2.05) is 0 Å². The van der Waals surface area contributed by atoms with Crippen molar-refractivity contribution < 1.29 is 4.43 Å². The van der Waals surface area contributed by atoms with Crippen LogP contribution in [0.3, 0.4) is 0 Å². The molecule has 1 aromatic carbocycles. The second-order valence-electron chi connectivity index (χ2n) is 8.06. The Balaban J connectivity index is 1.78. The van der Waals surface area contributed by atoms with Gasteiger partial charge in [-0.15, -0.1) is 0 Å². The van der Waals surface area contributed by atoms with E-state index in [1.165, 1.54) is 44.3 Å². The van der Waals surface area contributed by atoms with Crippen molar-refractivity contribution in [2.24, 2.45) is 5.92 Å². The molecular weight excluding hydrogens is 300 g/mol. The maximum atomic E-state index is 6.12. The molecule has 2 fully saturated rings. The van der Waals surface area contributed by atoms with Crippen LogP contribution in [0.25, 0.3) is 0 Å². The standard InChI is InChI=1S/C19H32N2OSi/c1-23(2,3)22-18-10-8-17(9-11-18)19(16-6-4-5-7-16)21-14-12-20-13-15-21/h8-11,16,19-20H,4-7,12-15H2,1-3H3/t19-/m1/s1. The second kappa shape index (κ2) is 7.37. The van der Waals surface area contributed by atoms with Crippen molar-refractivity contribution in [1.29, 1.82) is 0 Å². The normalized spacial score (nSPS) is 22.2. The summed E-state index contributed by atoms with van der Waals surface area (Å²) >= 11 is 0. The van der Waals surface area contributed by atoms with E-state index in [0.29, 0.717) is 6.04 Å². The molecule has 1 heterocycles. The molecule has 0 amide bonds. The first-order valence-electron chi connectivity index (χ1n) is 9.27. The molecule has 0 radical (unpaired) electrons. The molecular formula is C19H32N2OSi. The molecule has 1 aliphatic carbocycles. The minimum atomic E-state index is -1.52. The predicted molar refractivity (Wildman–Crippen MR) is 99.6 cm³/mol. The van der Waals surface area contributed by atoms with Crippen LogP contribution in [0, 0.1) is 5.92 Å². The van der Waals surface area contributed by atoms with Gasteiger partial charge in [-0.1, -0.05) is 25.0 Å². The van der Waals surface area contributed by atoms with Gasteiger partial charge in [0, 0.05) is 32.2 Å². The Labute approximate surface area is 142 Å². The summed E-state index contributed by atoms with van der Waals surface area (Å²) in [5, 5.41) is 3.49. The van der Waals surface area contributed by atoms with Crippen molar-refractivity contribution in [2.45, 2.75) is 51.4 Å². The highest BCUT2D eigenvalue weighted by atomic mass is 28.4. The molecule has 1 aliphatic heterocycles. The lowest BCUT2D eigenvalue weighted by atomic mass is 9.89. The van der Waals surface area contributed by atoms with Gasteiger partial charge in [-0.25, -0.2) is 0 Å². The average molecular weight is 333 g/mol. The van der Waals surface area contributed by atoms with Gasteiger partial charge in [-0.3, -0.25) is 4.90 Å². The van der Waals surface area contributed by atoms with Gasteiger partial charge >= 0.3 is 0 Å². The summed E-state index contributed by atoms with van der Waals surface area (Å²) in [6.07, 6.45) is 5.59. The Bertz CT molecular complexity index is 485. The molecule has 3 rings (SSSR count). The van der Waals surface area contributed by atoms with E-state index in [4.69, 9.17) is 4.43 Å². The molecule has 4 heteroatoms. The van der Waals surface area contributed by atoms with E-state index in [1.54, 1.807) is 0 Å². The quantitative estimate of drug-likeness (QED) is 0.824. The van der Waals surface area contributed by atoms with Gasteiger partial charge in [0.2, 0.25) is 8.32 Å². The van der Waals surface area contributed by atoms with Crippen molar-refractivity contribution in [2.75, 3.05) is 26.2 Å². The summed E-state index contributed by atoms with van der Waals surface area (Å²) in [6.45, 7) is 11.3. The fraction of sp³-hybridized carbons (Fsp3) is 0.684. The zero-order valence-electron chi connectivity index (χ0n) is 15.0. The average Bonchev–Trinajstić information content (AvgIpc) is 3.03. The minimum Gasteiger partial charge on any atom is -0.544 e. The second-order valence-corrected chi connectivity index (χ2v) is 12.5. The fourth-order valence-electron chi connectivity index (χ4n) is 4.10. The van der Waals surface area contributed by atoms with Gasteiger partial charge in [-0.2, -0.15) is 0 Å². The molecule has 0 aromatic heterocycles. The third kappa shape index (κ3) is 4.58.